The number of aryl methyl sites for hydroxylation is 1. The number of rotatable bonds is 6. The van der Waals surface area contributed by atoms with Crippen molar-refractivity contribution in [3.05, 3.63) is 75.7 Å². The van der Waals surface area contributed by atoms with Crippen molar-refractivity contribution >= 4 is 16.7 Å². The van der Waals surface area contributed by atoms with E-state index in [0.29, 0.717) is 23.2 Å². The lowest BCUT2D eigenvalue weighted by molar-refractivity contribution is 0.0950. The van der Waals surface area contributed by atoms with Crippen LogP contribution in [0.2, 0.25) is 0 Å². The average Bonchev–Trinajstić information content (AvgIpc) is 3.26. The molecule has 2 heterocycles. The zero-order chi connectivity index (χ0) is 20.2. The molecule has 1 saturated heterocycles. The van der Waals surface area contributed by atoms with Crippen molar-refractivity contribution in [2.45, 2.75) is 32.9 Å². The van der Waals surface area contributed by atoms with Crippen molar-refractivity contribution in [2.75, 3.05) is 19.6 Å². The number of nitrogens with zero attached hydrogens (tertiary/aromatic N) is 3. The fraction of sp³-hybridized carbons (Fsp3) is 0.348. The third-order valence-corrected chi connectivity index (χ3v) is 5.50. The van der Waals surface area contributed by atoms with Gasteiger partial charge in [-0.05, 0) is 51.1 Å². The summed E-state index contributed by atoms with van der Waals surface area (Å²) in [5, 5.41) is 8.98. The summed E-state index contributed by atoms with van der Waals surface area (Å²) in [6.07, 6.45) is 2.44. The number of hydrogen-bond donors (Lipinski definition) is 1. The van der Waals surface area contributed by atoms with Crippen LogP contribution in [-0.4, -0.2) is 40.2 Å². The van der Waals surface area contributed by atoms with Gasteiger partial charge in [0, 0.05) is 17.5 Å². The summed E-state index contributed by atoms with van der Waals surface area (Å²) in [5.74, 6) is -0.148. The number of aromatic nitrogens is 2. The van der Waals surface area contributed by atoms with Crippen molar-refractivity contribution in [3.8, 4) is 0 Å². The molecule has 1 aromatic heterocycles. The molecule has 1 aliphatic heterocycles. The van der Waals surface area contributed by atoms with Crippen molar-refractivity contribution < 1.29 is 4.79 Å². The fourth-order valence-electron chi connectivity index (χ4n) is 3.80. The van der Waals surface area contributed by atoms with E-state index in [1.54, 1.807) is 4.68 Å². The first-order chi connectivity index (χ1) is 14.1. The van der Waals surface area contributed by atoms with E-state index in [1.165, 1.54) is 12.8 Å². The van der Waals surface area contributed by atoms with E-state index >= 15 is 0 Å². The first kappa shape index (κ1) is 19.3. The fourth-order valence-corrected chi connectivity index (χ4v) is 3.80. The lowest BCUT2D eigenvalue weighted by Crippen LogP contribution is -2.32. The molecule has 2 aromatic carbocycles. The maximum atomic E-state index is 12.9. The number of benzene rings is 2. The second kappa shape index (κ2) is 8.57. The first-order valence-electron chi connectivity index (χ1n) is 10.2. The van der Waals surface area contributed by atoms with Gasteiger partial charge < -0.3 is 10.2 Å². The van der Waals surface area contributed by atoms with Gasteiger partial charge in [-0.2, -0.15) is 5.10 Å². The Labute approximate surface area is 170 Å². The molecule has 6 nitrogen and oxygen atoms in total. The van der Waals surface area contributed by atoms with Crippen LogP contribution in [0, 0.1) is 6.92 Å². The normalized spacial score (nSPS) is 14.4. The molecule has 0 atom stereocenters. The van der Waals surface area contributed by atoms with E-state index in [0.717, 1.165) is 30.6 Å². The highest BCUT2D eigenvalue weighted by Gasteiger charge is 2.15. The topological polar surface area (TPSA) is 67.2 Å². The molecular formula is C23H26N4O2. The third kappa shape index (κ3) is 4.38. The second-order valence-corrected chi connectivity index (χ2v) is 7.62. The SMILES string of the molecule is Cc1ccc(C(=O)NCc2nn(CCN3CCCC3)c(=O)c3ccccc23)cc1. The Balaban J connectivity index is 1.56. The minimum absolute atomic E-state index is 0.0755. The molecular weight excluding hydrogens is 364 g/mol. The van der Waals surface area contributed by atoms with Crippen LogP contribution in [0.1, 0.15) is 34.5 Å². The molecule has 0 saturated carbocycles. The highest BCUT2D eigenvalue weighted by Crippen LogP contribution is 2.14. The maximum absolute atomic E-state index is 12.9. The number of hydrogen-bond acceptors (Lipinski definition) is 4. The predicted octanol–water partition coefficient (Wildman–Crippen LogP) is 2.73. The minimum Gasteiger partial charge on any atom is -0.346 e. The Morgan fingerprint density at radius 2 is 1.69 bits per heavy atom. The van der Waals surface area contributed by atoms with Crippen molar-refractivity contribution in [2.24, 2.45) is 0 Å². The summed E-state index contributed by atoms with van der Waals surface area (Å²) in [5.41, 5.74) is 2.36. The van der Waals surface area contributed by atoms with Gasteiger partial charge in [0.15, 0.2) is 0 Å². The molecule has 1 amide bonds. The number of likely N-dealkylation sites (tertiary alicyclic amines) is 1. The monoisotopic (exact) mass is 390 g/mol. The summed E-state index contributed by atoms with van der Waals surface area (Å²) in [6.45, 7) is 5.81. The van der Waals surface area contributed by atoms with Crippen LogP contribution in [0.4, 0.5) is 0 Å². The maximum Gasteiger partial charge on any atom is 0.274 e. The Bertz CT molecular complexity index is 1070. The molecule has 0 radical (unpaired) electrons. The van der Waals surface area contributed by atoms with Crippen LogP contribution in [0.15, 0.2) is 53.3 Å². The van der Waals surface area contributed by atoms with Gasteiger partial charge in [0.1, 0.15) is 0 Å². The molecule has 1 fully saturated rings. The van der Waals surface area contributed by atoms with E-state index in [-0.39, 0.29) is 18.0 Å². The molecule has 1 aliphatic rings. The average molecular weight is 390 g/mol. The van der Waals surface area contributed by atoms with E-state index in [1.807, 2.05) is 55.5 Å². The van der Waals surface area contributed by atoms with Crippen LogP contribution >= 0.6 is 0 Å². The highest BCUT2D eigenvalue weighted by molar-refractivity contribution is 5.94. The molecule has 150 valence electrons. The number of carbonyl (C=O) groups is 1. The molecule has 4 rings (SSSR count). The standard InChI is InChI=1S/C23H26N4O2/c1-17-8-10-18(11-9-17)22(28)24-16-21-19-6-2-3-7-20(19)23(29)27(25-21)15-14-26-12-4-5-13-26/h2-3,6-11H,4-5,12-16H2,1H3,(H,24,28). The van der Waals surface area contributed by atoms with Gasteiger partial charge in [-0.3, -0.25) is 9.59 Å². The number of carbonyl (C=O) groups excluding carboxylic acids is 1. The Hall–Kier alpha value is -2.99. The number of fused-ring (bicyclic) bond motifs is 1. The Morgan fingerprint density at radius 1 is 1.00 bits per heavy atom. The Morgan fingerprint density at radius 3 is 2.41 bits per heavy atom. The number of amides is 1. The molecule has 29 heavy (non-hydrogen) atoms. The summed E-state index contributed by atoms with van der Waals surface area (Å²) in [7, 11) is 0. The third-order valence-electron chi connectivity index (χ3n) is 5.50. The van der Waals surface area contributed by atoms with Gasteiger partial charge in [-0.1, -0.05) is 35.9 Å². The lowest BCUT2D eigenvalue weighted by Gasteiger charge is -2.16. The largest absolute Gasteiger partial charge is 0.346 e. The van der Waals surface area contributed by atoms with E-state index < -0.39 is 0 Å². The predicted molar refractivity (Wildman–Crippen MR) is 114 cm³/mol. The van der Waals surface area contributed by atoms with Crippen LogP contribution in [0.5, 0.6) is 0 Å². The summed E-state index contributed by atoms with van der Waals surface area (Å²) >= 11 is 0. The smallest absolute Gasteiger partial charge is 0.274 e. The van der Waals surface area contributed by atoms with E-state index in [9.17, 15) is 9.59 Å². The van der Waals surface area contributed by atoms with Gasteiger partial charge in [0.05, 0.1) is 24.2 Å². The molecule has 0 spiro atoms. The quantitative estimate of drug-likeness (QED) is 0.703. The molecule has 6 heteroatoms. The molecule has 3 aromatic rings. The van der Waals surface area contributed by atoms with E-state index in [2.05, 4.69) is 15.3 Å². The van der Waals surface area contributed by atoms with Crippen LogP contribution < -0.4 is 10.9 Å². The molecule has 0 unspecified atom stereocenters. The molecule has 1 N–H and O–H groups in total. The van der Waals surface area contributed by atoms with Crippen molar-refractivity contribution in [3.63, 3.8) is 0 Å². The van der Waals surface area contributed by atoms with Gasteiger partial charge >= 0.3 is 0 Å². The summed E-state index contributed by atoms with van der Waals surface area (Å²) in [4.78, 5) is 27.7. The summed E-state index contributed by atoms with van der Waals surface area (Å²) in [6, 6.07) is 14.9. The lowest BCUT2D eigenvalue weighted by atomic mass is 10.1. The number of nitrogens with one attached hydrogen (secondary N) is 1. The molecule has 0 bridgehead atoms. The van der Waals surface area contributed by atoms with Crippen LogP contribution in [0.25, 0.3) is 10.8 Å². The summed E-state index contributed by atoms with van der Waals surface area (Å²) < 4.78 is 1.55. The van der Waals surface area contributed by atoms with Crippen molar-refractivity contribution in [1.82, 2.24) is 20.0 Å². The van der Waals surface area contributed by atoms with Gasteiger partial charge in [-0.15, -0.1) is 0 Å². The highest BCUT2D eigenvalue weighted by atomic mass is 16.1. The van der Waals surface area contributed by atoms with Gasteiger partial charge in [0.25, 0.3) is 11.5 Å². The van der Waals surface area contributed by atoms with Crippen molar-refractivity contribution in [1.29, 1.82) is 0 Å². The second-order valence-electron chi connectivity index (χ2n) is 7.62. The zero-order valence-electron chi connectivity index (χ0n) is 16.7. The Kier molecular flexibility index (Phi) is 5.71. The molecule has 0 aliphatic carbocycles. The van der Waals surface area contributed by atoms with Gasteiger partial charge in [0.2, 0.25) is 0 Å². The minimum atomic E-state index is -0.148. The van der Waals surface area contributed by atoms with Gasteiger partial charge in [-0.25, -0.2) is 4.68 Å². The van der Waals surface area contributed by atoms with Crippen LogP contribution in [-0.2, 0) is 13.1 Å². The van der Waals surface area contributed by atoms with E-state index in [4.69, 9.17) is 0 Å². The first-order valence-corrected chi connectivity index (χ1v) is 10.2. The zero-order valence-corrected chi connectivity index (χ0v) is 16.7. The van der Waals surface area contributed by atoms with Crippen LogP contribution in [0.3, 0.4) is 0 Å².